The molecule has 2 aromatic carbocycles. The van der Waals surface area contributed by atoms with Crippen LogP contribution in [0.1, 0.15) is 0 Å². The van der Waals surface area contributed by atoms with E-state index in [0.717, 1.165) is 16.3 Å². The largest absolute Gasteiger partial charge is 0.305 e. The molecule has 0 bridgehead atoms. The molecule has 0 saturated carbocycles. The fourth-order valence-electron chi connectivity index (χ4n) is 2.01. The third kappa shape index (κ3) is 2.08. The molecule has 6 heteroatoms. The van der Waals surface area contributed by atoms with Crippen LogP contribution in [0.15, 0.2) is 48.8 Å². The molecule has 0 N–H and O–H groups in total. The number of fused-ring (bicyclic) bond motifs is 1. The second-order valence-electron chi connectivity index (χ2n) is 4.16. The Bertz CT molecular complexity index is 803. The molecule has 0 aliphatic rings. The van der Waals surface area contributed by atoms with Crippen LogP contribution >= 0.6 is 11.6 Å². The van der Waals surface area contributed by atoms with Gasteiger partial charge in [0.05, 0.1) is 4.92 Å². The van der Waals surface area contributed by atoms with E-state index in [-0.39, 0.29) is 5.69 Å². The Balaban J connectivity index is 2.19. The van der Waals surface area contributed by atoms with Crippen LogP contribution in [-0.4, -0.2) is 14.9 Å². The molecule has 0 saturated heterocycles. The molecule has 5 nitrogen and oxygen atoms in total. The predicted octanol–water partition coefficient (Wildman–Crippen LogP) is 3.86. The first-order valence-electron chi connectivity index (χ1n) is 5.81. The van der Waals surface area contributed by atoms with E-state index < -0.39 is 4.92 Å². The smallest absolute Gasteiger partial charge is 0.258 e. The van der Waals surface area contributed by atoms with Gasteiger partial charge in [-0.2, -0.15) is 0 Å². The lowest BCUT2D eigenvalue weighted by Crippen LogP contribution is -1.94. The van der Waals surface area contributed by atoms with Crippen LogP contribution in [0.25, 0.3) is 22.2 Å². The molecule has 0 unspecified atom stereocenters. The number of rotatable bonds is 2. The Morgan fingerprint density at radius 1 is 1.00 bits per heavy atom. The Kier molecular flexibility index (Phi) is 3.04. The predicted molar refractivity (Wildman–Crippen MR) is 76.6 cm³/mol. The molecule has 98 valence electrons. The van der Waals surface area contributed by atoms with Gasteiger partial charge in [0.2, 0.25) is 0 Å². The zero-order valence-corrected chi connectivity index (χ0v) is 10.9. The number of nitrogens with zero attached hydrogens (tertiary/aromatic N) is 3. The van der Waals surface area contributed by atoms with Gasteiger partial charge in [-0.3, -0.25) is 10.1 Å². The minimum Gasteiger partial charge on any atom is -0.258 e. The lowest BCUT2D eigenvalue weighted by molar-refractivity contribution is -0.385. The fraction of sp³-hybridized carbons (Fsp3) is 0. The van der Waals surface area contributed by atoms with E-state index in [1.54, 1.807) is 6.07 Å². The Hall–Kier alpha value is -2.53. The van der Waals surface area contributed by atoms with Crippen molar-refractivity contribution >= 4 is 28.1 Å². The highest BCUT2D eigenvalue weighted by Crippen LogP contribution is 2.31. The minimum atomic E-state index is -0.524. The van der Waals surface area contributed by atoms with Gasteiger partial charge in [0.1, 0.15) is 12.4 Å². The normalized spacial score (nSPS) is 10.7. The van der Waals surface area contributed by atoms with E-state index in [1.165, 1.54) is 12.4 Å². The number of nitro groups is 1. The van der Waals surface area contributed by atoms with Gasteiger partial charge in [-0.05, 0) is 17.5 Å². The van der Waals surface area contributed by atoms with E-state index in [4.69, 9.17) is 11.6 Å². The van der Waals surface area contributed by atoms with Crippen LogP contribution in [-0.2, 0) is 0 Å². The van der Waals surface area contributed by atoms with Crippen LogP contribution < -0.4 is 0 Å². The van der Waals surface area contributed by atoms with Crippen molar-refractivity contribution in [3.05, 3.63) is 63.9 Å². The molecular formula is C14H8ClN3O2. The van der Waals surface area contributed by atoms with Gasteiger partial charge >= 0.3 is 5.69 Å². The van der Waals surface area contributed by atoms with Crippen molar-refractivity contribution in [2.45, 2.75) is 0 Å². The summed E-state index contributed by atoms with van der Waals surface area (Å²) in [4.78, 5) is 18.2. The maximum absolute atomic E-state index is 10.6. The molecule has 0 aliphatic heterocycles. The van der Waals surface area contributed by atoms with Gasteiger partial charge in [-0.25, -0.2) is 9.97 Å². The topological polar surface area (TPSA) is 68.9 Å². The standard InChI is InChI=1S/C14H8ClN3O2/c15-13-6-5-12(10-3-1-2-4-11(10)13)14-16-7-9(8-17-14)18(19)20/h1-8H. The van der Waals surface area contributed by atoms with Crippen molar-refractivity contribution in [3.8, 4) is 11.4 Å². The van der Waals surface area contributed by atoms with Crippen molar-refractivity contribution in [1.82, 2.24) is 9.97 Å². The summed E-state index contributed by atoms with van der Waals surface area (Å²) in [5, 5.41) is 13.1. The lowest BCUT2D eigenvalue weighted by atomic mass is 10.0. The molecule has 1 aromatic heterocycles. The molecule has 3 rings (SSSR count). The first-order chi connectivity index (χ1) is 9.66. The van der Waals surface area contributed by atoms with E-state index >= 15 is 0 Å². The molecule has 0 fully saturated rings. The van der Waals surface area contributed by atoms with Crippen molar-refractivity contribution < 1.29 is 4.92 Å². The van der Waals surface area contributed by atoms with Crippen molar-refractivity contribution in [3.63, 3.8) is 0 Å². The fourth-order valence-corrected chi connectivity index (χ4v) is 2.24. The number of benzene rings is 2. The highest BCUT2D eigenvalue weighted by atomic mass is 35.5. The molecule has 0 amide bonds. The summed E-state index contributed by atoms with van der Waals surface area (Å²) in [6.45, 7) is 0. The van der Waals surface area contributed by atoms with Gasteiger partial charge in [0, 0.05) is 16.0 Å². The van der Waals surface area contributed by atoms with E-state index in [9.17, 15) is 10.1 Å². The second kappa shape index (κ2) is 4.86. The molecule has 1 heterocycles. The van der Waals surface area contributed by atoms with Crippen molar-refractivity contribution in [2.75, 3.05) is 0 Å². The van der Waals surface area contributed by atoms with Gasteiger partial charge < -0.3 is 0 Å². The second-order valence-corrected chi connectivity index (χ2v) is 4.57. The number of hydrogen-bond donors (Lipinski definition) is 0. The van der Waals surface area contributed by atoms with Crippen LogP contribution in [0.3, 0.4) is 0 Å². The zero-order chi connectivity index (χ0) is 14.1. The molecule has 0 atom stereocenters. The number of aromatic nitrogens is 2. The lowest BCUT2D eigenvalue weighted by Gasteiger charge is -2.06. The van der Waals surface area contributed by atoms with Gasteiger partial charge in [0.15, 0.2) is 5.82 Å². The van der Waals surface area contributed by atoms with Crippen molar-refractivity contribution in [1.29, 1.82) is 0 Å². The maximum Gasteiger partial charge on any atom is 0.305 e. The van der Waals surface area contributed by atoms with Crippen LogP contribution in [0.2, 0.25) is 5.02 Å². The summed E-state index contributed by atoms with van der Waals surface area (Å²) in [5.74, 6) is 0.434. The average molecular weight is 286 g/mol. The summed E-state index contributed by atoms with van der Waals surface area (Å²) in [6.07, 6.45) is 2.40. The summed E-state index contributed by atoms with van der Waals surface area (Å²) in [5.41, 5.74) is 0.659. The van der Waals surface area contributed by atoms with Gasteiger partial charge in [-0.15, -0.1) is 0 Å². The average Bonchev–Trinajstić information content (AvgIpc) is 2.48. The molecular weight excluding hydrogens is 278 g/mol. The summed E-state index contributed by atoms with van der Waals surface area (Å²) in [6, 6.07) is 11.2. The Morgan fingerprint density at radius 3 is 2.30 bits per heavy atom. The molecule has 3 aromatic rings. The quantitative estimate of drug-likeness (QED) is 0.529. The number of hydrogen-bond acceptors (Lipinski definition) is 4. The van der Waals surface area contributed by atoms with E-state index in [0.29, 0.717) is 10.8 Å². The first-order valence-corrected chi connectivity index (χ1v) is 6.18. The maximum atomic E-state index is 10.6. The third-order valence-electron chi connectivity index (χ3n) is 2.96. The highest BCUT2D eigenvalue weighted by Gasteiger charge is 2.11. The monoisotopic (exact) mass is 285 g/mol. The number of halogens is 1. The van der Waals surface area contributed by atoms with E-state index in [1.807, 2.05) is 30.3 Å². The first kappa shape index (κ1) is 12.5. The molecule has 0 radical (unpaired) electrons. The molecule has 20 heavy (non-hydrogen) atoms. The van der Waals surface area contributed by atoms with E-state index in [2.05, 4.69) is 9.97 Å². The van der Waals surface area contributed by atoms with Crippen LogP contribution in [0.5, 0.6) is 0 Å². The SMILES string of the molecule is O=[N+]([O-])c1cnc(-c2ccc(Cl)c3ccccc23)nc1. The Morgan fingerprint density at radius 2 is 1.65 bits per heavy atom. The van der Waals surface area contributed by atoms with Gasteiger partial charge in [0.25, 0.3) is 0 Å². The van der Waals surface area contributed by atoms with Crippen molar-refractivity contribution in [2.24, 2.45) is 0 Å². The van der Waals surface area contributed by atoms with Crippen LogP contribution in [0.4, 0.5) is 5.69 Å². The highest BCUT2D eigenvalue weighted by molar-refractivity contribution is 6.36. The zero-order valence-electron chi connectivity index (χ0n) is 10.2. The van der Waals surface area contributed by atoms with Crippen LogP contribution in [0, 0.1) is 10.1 Å². The minimum absolute atomic E-state index is 0.132. The summed E-state index contributed by atoms with van der Waals surface area (Å²) in [7, 11) is 0. The third-order valence-corrected chi connectivity index (χ3v) is 3.29. The van der Waals surface area contributed by atoms with Gasteiger partial charge in [-0.1, -0.05) is 35.9 Å². The molecule has 0 spiro atoms. The Labute approximate surface area is 119 Å². The molecule has 0 aliphatic carbocycles. The summed E-state index contributed by atoms with van der Waals surface area (Å²) >= 11 is 6.15. The summed E-state index contributed by atoms with van der Waals surface area (Å²) < 4.78 is 0.